The third-order valence-electron chi connectivity index (χ3n) is 3.39. The molecule has 1 heterocycles. The number of carbonyl (C=O) groups is 2. The molecule has 4 nitrogen and oxygen atoms in total. The van der Waals surface area contributed by atoms with Gasteiger partial charge in [-0.3, -0.25) is 9.59 Å². The van der Waals surface area contributed by atoms with Crippen molar-refractivity contribution < 1.29 is 14.7 Å². The normalized spacial score (nSPS) is 11.9. The van der Waals surface area contributed by atoms with Crippen molar-refractivity contribution in [1.29, 1.82) is 0 Å². The molecule has 0 bridgehead atoms. The second-order valence-electron chi connectivity index (χ2n) is 5.20. The Kier molecular flexibility index (Phi) is 6.80. The summed E-state index contributed by atoms with van der Waals surface area (Å²) in [5, 5.41) is 13.9. The fraction of sp³-hybridized carbons (Fsp3) is 0.294. The molecule has 2 rings (SSSR count). The molecule has 2 aromatic rings. The van der Waals surface area contributed by atoms with E-state index in [2.05, 4.69) is 27.3 Å². The lowest BCUT2D eigenvalue weighted by atomic mass is 10.0. The predicted molar refractivity (Wildman–Crippen MR) is 94.5 cm³/mol. The van der Waals surface area contributed by atoms with Gasteiger partial charge in [-0.15, -0.1) is 11.3 Å². The van der Waals surface area contributed by atoms with Gasteiger partial charge in [-0.25, -0.2) is 0 Å². The van der Waals surface area contributed by atoms with Crippen molar-refractivity contribution in [3.05, 3.63) is 56.7 Å². The summed E-state index contributed by atoms with van der Waals surface area (Å²) in [4.78, 5) is 24.4. The van der Waals surface area contributed by atoms with Crippen molar-refractivity contribution in [2.75, 3.05) is 0 Å². The summed E-state index contributed by atoms with van der Waals surface area (Å²) in [5.74, 6) is -1.05. The standard InChI is InChI=1S/C17H18BrNO3S/c18-13-8-6-12(7-9-13)15(11-17(21)22)19-16(20)5-1-3-14-4-2-10-23-14/h2,4,6-10,15H,1,3,5,11H2,(H,19,20)(H,21,22). The number of carboxylic acid groups (broad SMARTS) is 1. The number of thiophene rings is 1. The molecule has 122 valence electrons. The number of aryl methyl sites for hydroxylation is 1. The average Bonchev–Trinajstić information content (AvgIpc) is 3.00. The fourth-order valence-electron chi connectivity index (χ4n) is 2.27. The van der Waals surface area contributed by atoms with Crippen molar-refractivity contribution in [3.8, 4) is 0 Å². The smallest absolute Gasteiger partial charge is 0.305 e. The molecule has 0 aliphatic carbocycles. The number of hydrogen-bond acceptors (Lipinski definition) is 3. The Bertz CT molecular complexity index is 640. The summed E-state index contributed by atoms with van der Waals surface area (Å²) in [7, 11) is 0. The number of hydrogen-bond donors (Lipinski definition) is 2. The summed E-state index contributed by atoms with van der Waals surface area (Å²) in [6.07, 6.45) is 1.89. The largest absolute Gasteiger partial charge is 0.481 e. The SMILES string of the molecule is O=C(O)CC(NC(=O)CCCc1cccs1)c1ccc(Br)cc1. The lowest BCUT2D eigenvalue weighted by Crippen LogP contribution is -2.30. The van der Waals surface area contributed by atoms with Gasteiger partial charge in [0.1, 0.15) is 0 Å². The van der Waals surface area contributed by atoms with Crippen LogP contribution in [0.25, 0.3) is 0 Å². The van der Waals surface area contributed by atoms with Crippen LogP contribution in [0.5, 0.6) is 0 Å². The van der Waals surface area contributed by atoms with Gasteiger partial charge in [0.2, 0.25) is 5.91 Å². The molecule has 1 aromatic heterocycles. The average molecular weight is 396 g/mol. The Labute approximate surface area is 147 Å². The van der Waals surface area contributed by atoms with Gasteiger partial charge in [-0.2, -0.15) is 0 Å². The molecule has 0 saturated heterocycles. The van der Waals surface area contributed by atoms with E-state index < -0.39 is 12.0 Å². The van der Waals surface area contributed by atoms with Crippen LogP contribution in [0.1, 0.15) is 35.7 Å². The first-order valence-corrected chi connectivity index (χ1v) is 9.01. The van der Waals surface area contributed by atoms with E-state index in [4.69, 9.17) is 5.11 Å². The maximum atomic E-state index is 12.1. The molecular formula is C17H18BrNO3S. The Morgan fingerprint density at radius 2 is 1.96 bits per heavy atom. The van der Waals surface area contributed by atoms with Gasteiger partial charge in [0.25, 0.3) is 0 Å². The van der Waals surface area contributed by atoms with E-state index in [-0.39, 0.29) is 12.3 Å². The summed E-state index contributed by atoms with van der Waals surface area (Å²) >= 11 is 5.03. The summed E-state index contributed by atoms with van der Waals surface area (Å²) in [6, 6.07) is 10.9. The monoisotopic (exact) mass is 395 g/mol. The number of aliphatic carboxylic acids is 1. The minimum Gasteiger partial charge on any atom is -0.481 e. The molecule has 1 aromatic carbocycles. The van der Waals surface area contributed by atoms with E-state index in [0.717, 1.165) is 22.9 Å². The highest BCUT2D eigenvalue weighted by Crippen LogP contribution is 2.20. The molecule has 1 amide bonds. The van der Waals surface area contributed by atoms with E-state index in [1.165, 1.54) is 4.88 Å². The molecule has 0 radical (unpaired) electrons. The number of rotatable bonds is 8. The molecule has 0 spiro atoms. The first-order valence-electron chi connectivity index (χ1n) is 7.33. The molecule has 23 heavy (non-hydrogen) atoms. The van der Waals surface area contributed by atoms with Crippen LogP contribution in [0.3, 0.4) is 0 Å². The maximum Gasteiger partial charge on any atom is 0.305 e. The maximum absolute atomic E-state index is 12.1. The van der Waals surface area contributed by atoms with Crippen LogP contribution in [0, 0.1) is 0 Å². The van der Waals surface area contributed by atoms with Gasteiger partial charge in [0.15, 0.2) is 0 Å². The quantitative estimate of drug-likeness (QED) is 0.704. The van der Waals surface area contributed by atoms with Gasteiger partial charge >= 0.3 is 5.97 Å². The Balaban J connectivity index is 1.89. The van der Waals surface area contributed by atoms with Crippen LogP contribution in [0.2, 0.25) is 0 Å². The van der Waals surface area contributed by atoms with Crippen LogP contribution < -0.4 is 5.32 Å². The molecule has 0 aliphatic heterocycles. The summed E-state index contributed by atoms with van der Waals surface area (Å²) in [5.41, 5.74) is 0.794. The molecule has 0 saturated carbocycles. The summed E-state index contributed by atoms with van der Waals surface area (Å²) < 4.78 is 0.914. The second-order valence-corrected chi connectivity index (χ2v) is 7.15. The van der Waals surface area contributed by atoms with E-state index >= 15 is 0 Å². The minimum absolute atomic E-state index is 0.115. The highest BCUT2D eigenvalue weighted by atomic mass is 79.9. The fourth-order valence-corrected chi connectivity index (χ4v) is 3.28. The zero-order chi connectivity index (χ0) is 16.7. The van der Waals surface area contributed by atoms with Gasteiger partial charge in [-0.1, -0.05) is 34.1 Å². The summed E-state index contributed by atoms with van der Waals surface area (Å²) in [6.45, 7) is 0. The minimum atomic E-state index is -0.934. The third kappa shape index (κ3) is 6.15. The first kappa shape index (κ1) is 17.7. The zero-order valence-corrected chi connectivity index (χ0v) is 14.9. The number of carbonyl (C=O) groups excluding carboxylic acids is 1. The van der Waals surface area contributed by atoms with E-state index in [0.29, 0.717) is 6.42 Å². The van der Waals surface area contributed by atoms with Crippen molar-refractivity contribution in [2.24, 2.45) is 0 Å². The molecule has 1 unspecified atom stereocenters. The molecule has 0 fully saturated rings. The predicted octanol–water partition coefficient (Wildman–Crippen LogP) is 4.17. The Morgan fingerprint density at radius 3 is 2.57 bits per heavy atom. The number of amides is 1. The molecule has 1 atom stereocenters. The van der Waals surface area contributed by atoms with Crippen LogP contribution in [-0.2, 0) is 16.0 Å². The van der Waals surface area contributed by atoms with Gasteiger partial charge < -0.3 is 10.4 Å². The Hall–Kier alpha value is -1.66. The van der Waals surface area contributed by atoms with Crippen LogP contribution in [-0.4, -0.2) is 17.0 Å². The molecular weight excluding hydrogens is 378 g/mol. The van der Waals surface area contributed by atoms with Crippen LogP contribution >= 0.6 is 27.3 Å². The number of nitrogens with one attached hydrogen (secondary N) is 1. The highest BCUT2D eigenvalue weighted by molar-refractivity contribution is 9.10. The Morgan fingerprint density at radius 1 is 1.22 bits per heavy atom. The van der Waals surface area contributed by atoms with Crippen molar-refractivity contribution in [1.82, 2.24) is 5.32 Å². The third-order valence-corrected chi connectivity index (χ3v) is 4.86. The lowest BCUT2D eigenvalue weighted by molar-refractivity contribution is -0.137. The first-order chi connectivity index (χ1) is 11.0. The zero-order valence-electron chi connectivity index (χ0n) is 12.5. The van der Waals surface area contributed by atoms with Crippen molar-refractivity contribution in [3.63, 3.8) is 0 Å². The topological polar surface area (TPSA) is 66.4 Å². The number of benzene rings is 1. The van der Waals surface area contributed by atoms with E-state index in [9.17, 15) is 9.59 Å². The van der Waals surface area contributed by atoms with Gasteiger partial charge in [-0.05, 0) is 42.0 Å². The van der Waals surface area contributed by atoms with Gasteiger partial charge in [0, 0.05) is 15.8 Å². The van der Waals surface area contributed by atoms with Crippen LogP contribution in [0.4, 0.5) is 0 Å². The molecule has 2 N–H and O–H groups in total. The number of carboxylic acids is 1. The molecule has 6 heteroatoms. The van der Waals surface area contributed by atoms with Gasteiger partial charge in [0.05, 0.1) is 12.5 Å². The van der Waals surface area contributed by atoms with E-state index in [1.54, 1.807) is 11.3 Å². The molecule has 0 aliphatic rings. The van der Waals surface area contributed by atoms with Crippen molar-refractivity contribution >= 4 is 39.1 Å². The van der Waals surface area contributed by atoms with Crippen molar-refractivity contribution in [2.45, 2.75) is 31.7 Å². The van der Waals surface area contributed by atoms with E-state index in [1.807, 2.05) is 35.7 Å². The highest BCUT2D eigenvalue weighted by Gasteiger charge is 2.17. The second kappa shape index (κ2) is 8.84. The number of halogens is 1. The van der Waals surface area contributed by atoms with Crippen LogP contribution in [0.15, 0.2) is 46.3 Å². The lowest BCUT2D eigenvalue weighted by Gasteiger charge is -2.17.